The number of nitrogens with zero attached hydrogens (tertiary/aromatic N) is 2. The monoisotopic (exact) mass is 359 g/mol. The predicted octanol–water partition coefficient (Wildman–Crippen LogP) is 1.78. The average molecular weight is 359 g/mol. The Balaban J connectivity index is 1.57. The normalized spacial score (nSPS) is 19.9. The fraction of sp³-hybridized carbons (Fsp3) is 0.526. The maximum atomic E-state index is 12.7. The minimum Gasteiger partial charge on any atom is -0.498 e. The van der Waals surface area contributed by atoms with Crippen LogP contribution < -0.4 is 10.1 Å². The molecule has 1 atom stereocenters. The first-order valence-corrected chi connectivity index (χ1v) is 9.01. The van der Waals surface area contributed by atoms with E-state index in [1.807, 2.05) is 17.9 Å². The van der Waals surface area contributed by atoms with Gasteiger partial charge >= 0.3 is 0 Å². The fourth-order valence-electron chi connectivity index (χ4n) is 3.23. The molecule has 0 saturated carbocycles. The maximum absolute atomic E-state index is 12.7. The van der Waals surface area contributed by atoms with Crippen LogP contribution in [0.2, 0.25) is 0 Å². The number of aromatic nitrogens is 1. The molecule has 0 radical (unpaired) electrons. The number of pyridine rings is 1. The van der Waals surface area contributed by atoms with Crippen molar-refractivity contribution in [3.05, 3.63) is 35.4 Å². The molecule has 1 unspecified atom stereocenters. The third-order valence-electron chi connectivity index (χ3n) is 4.61. The van der Waals surface area contributed by atoms with E-state index in [2.05, 4.69) is 10.3 Å². The van der Waals surface area contributed by atoms with Crippen molar-refractivity contribution in [2.45, 2.75) is 45.8 Å². The van der Waals surface area contributed by atoms with Gasteiger partial charge in [0, 0.05) is 32.2 Å². The van der Waals surface area contributed by atoms with Gasteiger partial charge in [0.2, 0.25) is 5.91 Å². The van der Waals surface area contributed by atoms with E-state index in [1.165, 1.54) is 6.92 Å². The summed E-state index contributed by atoms with van der Waals surface area (Å²) in [6.45, 7) is 5.65. The number of carbonyl (C=O) groups excluding carboxylic acids is 2. The highest BCUT2D eigenvalue weighted by molar-refractivity contribution is 5.94. The van der Waals surface area contributed by atoms with Crippen LogP contribution in [0.25, 0.3) is 0 Å². The molecular formula is C19H25N3O4. The van der Waals surface area contributed by atoms with Crippen molar-refractivity contribution >= 4 is 11.8 Å². The Morgan fingerprint density at radius 2 is 2.31 bits per heavy atom. The zero-order valence-corrected chi connectivity index (χ0v) is 15.3. The van der Waals surface area contributed by atoms with E-state index < -0.39 is 0 Å². The highest BCUT2D eigenvalue weighted by Gasteiger charge is 2.31. The number of allylic oxidation sites excluding steroid dienone is 1. The Kier molecular flexibility index (Phi) is 5.75. The van der Waals surface area contributed by atoms with Gasteiger partial charge < -0.3 is 19.7 Å². The summed E-state index contributed by atoms with van der Waals surface area (Å²) in [5.41, 5.74) is 1.53. The van der Waals surface area contributed by atoms with Gasteiger partial charge in [0.25, 0.3) is 5.91 Å². The topological polar surface area (TPSA) is 80.8 Å². The quantitative estimate of drug-likeness (QED) is 0.867. The van der Waals surface area contributed by atoms with Crippen molar-refractivity contribution < 1.29 is 19.1 Å². The standard InChI is InChI=1S/C19H25N3O4/c1-13-18(4-3-9-25-13)19(24)22-8-6-17(12-22)26-16-5-7-20-15(10-16)11-21-14(2)23/h5,7,10,17H,3-4,6,8-9,11-12H2,1-2H3,(H,21,23). The Morgan fingerprint density at radius 3 is 3.08 bits per heavy atom. The molecule has 7 nitrogen and oxygen atoms in total. The molecule has 2 aliphatic heterocycles. The van der Waals surface area contributed by atoms with Gasteiger partial charge in [0.15, 0.2) is 0 Å². The van der Waals surface area contributed by atoms with Crippen molar-refractivity contribution in [2.24, 2.45) is 0 Å². The van der Waals surface area contributed by atoms with E-state index in [1.54, 1.807) is 12.3 Å². The second-order valence-electron chi connectivity index (χ2n) is 6.66. The lowest BCUT2D eigenvalue weighted by Crippen LogP contribution is -2.33. The van der Waals surface area contributed by atoms with Crippen LogP contribution in [0.1, 0.15) is 38.8 Å². The Labute approximate surface area is 153 Å². The highest BCUT2D eigenvalue weighted by Crippen LogP contribution is 2.24. The van der Waals surface area contributed by atoms with E-state index in [0.29, 0.717) is 32.0 Å². The molecule has 3 heterocycles. The van der Waals surface area contributed by atoms with Crippen molar-refractivity contribution in [2.75, 3.05) is 19.7 Å². The first-order valence-electron chi connectivity index (χ1n) is 9.01. The minimum absolute atomic E-state index is 0.0413. The Bertz CT molecular complexity index is 716. The maximum Gasteiger partial charge on any atom is 0.253 e. The lowest BCUT2D eigenvalue weighted by molar-refractivity contribution is -0.127. The number of hydrogen-bond acceptors (Lipinski definition) is 5. The molecule has 1 aromatic heterocycles. The number of ether oxygens (including phenoxy) is 2. The number of likely N-dealkylation sites (tertiary alicyclic amines) is 1. The molecule has 1 saturated heterocycles. The van der Waals surface area contributed by atoms with Crippen molar-refractivity contribution in [1.82, 2.24) is 15.2 Å². The molecule has 1 fully saturated rings. The van der Waals surface area contributed by atoms with E-state index in [9.17, 15) is 9.59 Å². The van der Waals surface area contributed by atoms with Crippen molar-refractivity contribution in [3.63, 3.8) is 0 Å². The molecule has 7 heteroatoms. The van der Waals surface area contributed by atoms with Crippen LogP contribution in [-0.4, -0.2) is 47.5 Å². The molecular weight excluding hydrogens is 334 g/mol. The predicted molar refractivity (Wildman–Crippen MR) is 95.3 cm³/mol. The number of carbonyl (C=O) groups is 2. The SMILES string of the molecule is CC(=O)NCc1cc(OC2CCN(C(=O)C3=C(C)OCCC3)C2)ccn1. The van der Waals surface area contributed by atoms with E-state index in [4.69, 9.17) is 9.47 Å². The van der Waals surface area contributed by atoms with Crippen LogP contribution in [-0.2, 0) is 20.9 Å². The first-order chi connectivity index (χ1) is 12.5. The van der Waals surface area contributed by atoms with Gasteiger partial charge in [-0.25, -0.2) is 0 Å². The molecule has 0 aromatic carbocycles. The zero-order chi connectivity index (χ0) is 18.5. The van der Waals surface area contributed by atoms with Crippen LogP contribution in [0, 0.1) is 0 Å². The molecule has 0 spiro atoms. The van der Waals surface area contributed by atoms with Crippen molar-refractivity contribution in [1.29, 1.82) is 0 Å². The molecule has 1 N–H and O–H groups in total. The van der Waals surface area contributed by atoms with Gasteiger partial charge in [0.1, 0.15) is 17.6 Å². The molecule has 26 heavy (non-hydrogen) atoms. The van der Waals surface area contributed by atoms with Gasteiger partial charge in [-0.15, -0.1) is 0 Å². The Hall–Kier alpha value is -2.57. The summed E-state index contributed by atoms with van der Waals surface area (Å²) >= 11 is 0. The molecule has 0 aliphatic carbocycles. The van der Waals surface area contributed by atoms with E-state index in [0.717, 1.165) is 36.3 Å². The third kappa shape index (κ3) is 4.53. The summed E-state index contributed by atoms with van der Waals surface area (Å²) in [5.74, 6) is 1.42. The molecule has 1 aromatic rings. The second-order valence-corrected chi connectivity index (χ2v) is 6.66. The molecule has 0 bridgehead atoms. The number of amides is 2. The lowest BCUT2D eigenvalue weighted by Gasteiger charge is -2.23. The molecule has 140 valence electrons. The average Bonchev–Trinajstić information content (AvgIpc) is 3.08. The van der Waals surface area contributed by atoms with Crippen LogP contribution in [0.5, 0.6) is 5.75 Å². The summed E-state index contributed by atoms with van der Waals surface area (Å²) in [7, 11) is 0. The fourth-order valence-corrected chi connectivity index (χ4v) is 3.23. The zero-order valence-electron chi connectivity index (χ0n) is 15.3. The minimum atomic E-state index is -0.0978. The summed E-state index contributed by atoms with van der Waals surface area (Å²) in [6, 6.07) is 3.62. The number of rotatable bonds is 5. The van der Waals surface area contributed by atoms with Crippen LogP contribution >= 0.6 is 0 Å². The summed E-state index contributed by atoms with van der Waals surface area (Å²) in [6.07, 6.45) is 4.09. The van der Waals surface area contributed by atoms with Crippen LogP contribution in [0.4, 0.5) is 0 Å². The second kappa shape index (κ2) is 8.21. The number of hydrogen-bond donors (Lipinski definition) is 1. The van der Waals surface area contributed by atoms with Gasteiger partial charge in [-0.3, -0.25) is 14.6 Å². The van der Waals surface area contributed by atoms with E-state index in [-0.39, 0.29) is 17.9 Å². The summed E-state index contributed by atoms with van der Waals surface area (Å²) < 4.78 is 11.5. The van der Waals surface area contributed by atoms with Gasteiger partial charge in [0.05, 0.1) is 31.0 Å². The third-order valence-corrected chi connectivity index (χ3v) is 4.61. The van der Waals surface area contributed by atoms with Crippen LogP contribution in [0.15, 0.2) is 29.7 Å². The molecule has 3 rings (SSSR count). The summed E-state index contributed by atoms with van der Waals surface area (Å²) in [5, 5.41) is 2.72. The van der Waals surface area contributed by atoms with Crippen LogP contribution in [0.3, 0.4) is 0 Å². The largest absolute Gasteiger partial charge is 0.498 e. The van der Waals surface area contributed by atoms with Crippen molar-refractivity contribution in [3.8, 4) is 5.75 Å². The van der Waals surface area contributed by atoms with E-state index >= 15 is 0 Å². The Morgan fingerprint density at radius 1 is 1.46 bits per heavy atom. The number of nitrogens with one attached hydrogen (secondary N) is 1. The first kappa shape index (κ1) is 18.2. The molecule has 2 aliphatic rings. The smallest absolute Gasteiger partial charge is 0.253 e. The highest BCUT2D eigenvalue weighted by atomic mass is 16.5. The van der Waals surface area contributed by atoms with Gasteiger partial charge in [-0.05, 0) is 25.8 Å². The lowest BCUT2D eigenvalue weighted by atomic mass is 10.1. The molecule has 2 amide bonds. The van der Waals surface area contributed by atoms with Gasteiger partial charge in [-0.2, -0.15) is 0 Å². The van der Waals surface area contributed by atoms with Gasteiger partial charge in [-0.1, -0.05) is 0 Å². The summed E-state index contributed by atoms with van der Waals surface area (Å²) in [4.78, 5) is 29.8.